The van der Waals surface area contributed by atoms with Crippen LogP contribution in [0.1, 0.15) is 55.2 Å². The zero-order valence-corrected chi connectivity index (χ0v) is 19.3. The van der Waals surface area contributed by atoms with Crippen LogP contribution in [-0.4, -0.2) is 20.0 Å². The van der Waals surface area contributed by atoms with Crippen LogP contribution in [0.3, 0.4) is 0 Å². The van der Waals surface area contributed by atoms with E-state index < -0.39 is 0 Å². The van der Waals surface area contributed by atoms with E-state index in [0.29, 0.717) is 29.5 Å². The van der Waals surface area contributed by atoms with Gasteiger partial charge in [-0.2, -0.15) is 0 Å². The van der Waals surface area contributed by atoms with Crippen molar-refractivity contribution in [2.24, 2.45) is 29.1 Å². The Kier molecular flexibility index (Phi) is 4.54. The third kappa shape index (κ3) is 2.76. The minimum Gasteiger partial charge on any atom is -0.497 e. The first kappa shape index (κ1) is 20.1. The van der Waals surface area contributed by atoms with Crippen LogP contribution in [0.25, 0.3) is 5.57 Å². The molecule has 6 rings (SSSR count). The molecule has 0 aliphatic heterocycles. The van der Waals surface area contributed by atoms with Gasteiger partial charge >= 0.3 is 0 Å². The molecule has 6 atom stereocenters. The number of carbonyl (C=O) groups is 1. The van der Waals surface area contributed by atoms with Crippen molar-refractivity contribution in [3.8, 4) is 11.5 Å². The molecule has 0 unspecified atom stereocenters. The quantitative estimate of drug-likeness (QED) is 0.595. The van der Waals surface area contributed by atoms with Gasteiger partial charge in [0.2, 0.25) is 0 Å². The molecular formula is C29H32O3. The number of Topliss-reactive ketones (excluding diaryl/α,β-unsaturated/α-hetero) is 1. The van der Waals surface area contributed by atoms with Crippen LogP contribution < -0.4 is 9.47 Å². The first-order chi connectivity index (χ1) is 15.5. The van der Waals surface area contributed by atoms with Crippen molar-refractivity contribution in [3.63, 3.8) is 0 Å². The van der Waals surface area contributed by atoms with E-state index in [1.54, 1.807) is 19.8 Å². The highest BCUT2D eigenvalue weighted by Gasteiger charge is 2.61. The Bertz CT molecular complexity index is 1100. The first-order valence-corrected chi connectivity index (χ1v) is 12.1. The maximum atomic E-state index is 13.5. The molecule has 2 aromatic rings. The van der Waals surface area contributed by atoms with Gasteiger partial charge in [-0.1, -0.05) is 31.2 Å². The second kappa shape index (κ2) is 7.23. The summed E-state index contributed by atoms with van der Waals surface area (Å²) < 4.78 is 10.8. The number of hydrogen-bond acceptors (Lipinski definition) is 3. The van der Waals surface area contributed by atoms with Crippen molar-refractivity contribution in [1.82, 2.24) is 0 Å². The third-order valence-electron chi connectivity index (χ3n) is 9.42. The number of ketones is 1. The molecule has 4 aliphatic rings. The SMILES string of the molecule is COc1ccc(C2=C[C@@H]3[C@@H](C[C@H]4[C@@H]5CCc6cc(OC)ccc6[C@H]5CC[C@]34C)C2=O)cc1. The molecule has 3 heteroatoms. The number of allylic oxidation sites excluding steroid dienone is 2. The number of aryl methyl sites for hydroxylation is 1. The lowest BCUT2D eigenvalue weighted by Gasteiger charge is -2.50. The molecule has 32 heavy (non-hydrogen) atoms. The second-order valence-corrected chi connectivity index (χ2v) is 10.6. The van der Waals surface area contributed by atoms with Gasteiger partial charge in [-0.05, 0) is 102 Å². The highest BCUT2D eigenvalue weighted by atomic mass is 16.5. The van der Waals surface area contributed by atoms with Crippen molar-refractivity contribution in [1.29, 1.82) is 0 Å². The fraction of sp³-hybridized carbons (Fsp3) is 0.483. The molecule has 3 nitrogen and oxygen atoms in total. The molecule has 2 fully saturated rings. The lowest BCUT2D eigenvalue weighted by molar-refractivity contribution is -0.117. The van der Waals surface area contributed by atoms with E-state index in [2.05, 4.69) is 31.2 Å². The maximum absolute atomic E-state index is 13.5. The van der Waals surface area contributed by atoms with E-state index in [1.807, 2.05) is 24.3 Å². The smallest absolute Gasteiger partial charge is 0.166 e. The van der Waals surface area contributed by atoms with Gasteiger partial charge < -0.3 is 9.47 Å². The largest absolute Gasteiger partial charge is 0.497 e. The molecule has 0 N–H and O–H groups in total. The van der Waals surface area contributed by atoms with Crippen LogP contribution in [0.4, 0.5) is 0 Å². The molecule has 2 saturated carbocycles. The molecule has 166 valence electrons. The van der Waals surface area contributed by atoms with Crippen LogP contribution >= 0.6 is 0 Å². The summed E-state index contributed by atoms with van der Waals surface area (Å²) in [6.07, 6.45) is 8.23. The maximum Gasteiger partial charge on any atom is 0.166 e. The molecule has 0 spiro atoms. The Morgan fingerprint density at radius 3 is 2.44 bits per heavy atom. The van der Waals surface area contributed by atoms with Gasteiger partial charge in [0, 0.05) is 11.5 Å². The Morgan fingerprint density at radius 1 is 0.938 bits per heavy atom. The number of hydrogen-bond donors (Lipinski definition) is 0. The molecule has 0 saturated heterocycles. The molecule has 4 aliphatic carbocycles. The topological polar surface area (TPSA) is 35.5 Å². The Morgan fingerprint density at radius 2 is 1.69 bits per heavy atom. The molecule has 0 heterocycles. The second-order valence-electron chi connectivity index (χ2n) is 10.6. The summed E-state index contributed by atoms with van der Waals surface area (Å²) in [6.45, 7) is 2.49. The van der Waals surface area contributed by atoms with E-state index in [9.17, 15) is 4.79 Å². The predicted molar refractivity (Wildman–Crippen MR) is 126 cm³/mol. The molecular weight excluding hydrogens is 396 g/mol. The van der Waals surface area contributed by atoms with Gasteiger partial charge in [-0.25, -0.2) is 0 Å². The van der Waals surface area contributed by atoms with Gasteiger partial charge in [-0.3, -0.25) is 4.79 Å². The molecule has 2 aromatic carbocycles. The standard InChI is InChI=1S/C29H32O3/c1-29-13-12-22-21-11-9-20(32-3)14-18(21)6-10-23(22)26(29)16-25-27(29)15-24(28(25)30)17-4-7-19(31-2)8-5-17/h4-5,7-9,11,14-15,22-23,25-27H,6,10,12-13,16H2,1-3H3/t22-,23-,25-,26+,27-,29+/m1/s1. The van der Waals surface area contributed by atoms with Crippen LogP contribution in [0, 0.1) is 29.1 Å². The van der Waals surface area contributed by atoms with Crippen LogP contribution in [0.2, 0.25) is 0 Å². The molecule has 0 radical (unpaired) electrons. The molecule has 0 bridgehead atoms. The van der Waals surface area contributed by atoms with Crippen molar-refractivity contribution in [3.05, 3.63) is 65.2 Å². The Labute approximate surface area is 190 Å². The fourth-order valence-electron chi connectivity index (χ4n) is 7.82. The lowest BCUT2D eigenvalue weighted by Crippen LogP contribution is -2.42. The van der Waals surface area contributed by atoms with Gasteiger partial charge in [0.15, 0.2) is 5.78 Å². The van der Waals surface area contributed by atoms with Crippen LogP contribution in [-0.2, 0) is 11.2 Å². The van der Waals surface area contributed by atoms with E-state index in [0.717, 1.165) is 35.5 Å². The van der Waals surface area contributed by atoms with Gasteiger partial charge in [-0.15, -0.1) is 0 Å². The molecule has 0 amide bonds. The normalized spacial score (nSPS) is 34.8. The van der Waals surface area contributed by atoms with Crippen molar-refractivity contribution >= 4 is 11.4 Å². The van der Waals surface area contributed by atoms with E-state index in [1.165, 1.54) is 24.8 Å². The summed E-state index contributed by atoms with van der Waals surface area (Å²) in [5.74, 6) is 4.71. The number of methoxy groups -OCH3 is 2. The average molecular weight is 429 g/mol. The number of ether oxygens (including phenoxy) is 2. The zero-order valence-electron chi connectivity index (χ0n) is 19.3. The van der Waals surface area contributed by atoms with E-state index >= 15 is 0 Å². The Balaban J connectivity index is 1.31. The first-order valence-electron chi connectivity index (χ1n) is 12.1. The summed E-state index contributed by atoms with van der Waals surface area (Å²) in [5, 5.41) is 0. The molecule has 0 aromatic heterocycles. The zero-order chi connectivity index (χ0) is 22.0. The lowest BCUT2D eigenvalue weighted by atomic mass is 9.54. The average Bonchev–Trinajstić information content (AvgIpc) is 3.32. The number of carbonyl (C=O) groups excluding carboxylic acids is 1. The number of benzene rings is 2. The number of rotatable bonds is 3. The van der Waals surface area contributed by atoms with Crippen molar-refractivity contribution < 1.29 is 14.3 Å². The van der Waals surface area contributed by atoms with Gasteiger partial charge in [0.1, 0.15) is 11.5 Å². The van der Waals surface area contributed by atoms with Gasteiger partial charge in [0.05, 0.1) is 14.2 Å². The van der Waals surface area contributed by atoms with Crippen molar-refractivity contribution in [2.75, 3.05) is 14.2 Å². The van der Waals surface area contributed by atoms with E-state index in [4.69, 9.17) is 9.47 Å². The minimum atomic E-state index is 0.165. The highest BCUT2D eigenvalue weighted by Crippen LogP contribution is 2.67. The van der Waals surface area contributed by atoms with Crippen LogP contribution in [0.5, 0.6) is 11.5 Å². The van der Waals surface area contributed by atoms with Crippen molar-refractivity contribution in [2.45, 2.75) is 44.9 Å². The highest BCUT2D eigenvalue weighted by molar-refractivity contribution is 6.24. The third-order valence-corrected chi connectivity index (χ3v) is 9.42. The minimum absolute atomic E-state index is 0.165. The predicted octanol–water partition coefficient (Wildman–Crippen LogP) is 6.07. The summed E-state index contributed by atoms with van der Waals surface area (Å²) in [4.78, 5) is 13.5. The van der Waals surface area contributed by atoms with Gasteiger partial charge in [0.25, 0.3) is 0 Å². The summed E-state index contributed by atoms with van der Waals surface area (Å²) in [6, 6.07) is 14.7. The fourth-order valence-corrected chi connectivity index (χ4v) is 7.82. The Hall–Kier alpha value is -2.55. The monoisotopic (exact) mass is 428 g/mol. The van der Waals surface area contributed by atoms with E-state index in [-0.39, 0.29) is 11.3 Å². The summed E-state index contributed by atoms with van der Waals surface area (Å²) in [5.41, 5.74) is 5.23. The van der Waals surface area contributed by atoms with Crippen LogP contribution in [0.15, 0.2) is 48.5 Å². The summed E-state index contributed by atoms with van der Waals surface area (Å²) >= 11 is 0. The summed E-state index contributed by atoms with van der Waals surface area (Å²) in [7, 11) is 3.43. The number of fused-ring (bicyclic) bond motifs is 7.